The van der Waals surface area contributed by atoms with Gasteiger partial charge in [0.2, 0.25) is 0 Å². The van der Waals surface area contributed by atoms with Crippen molar-refractivity contribution in [3.05, 3.63) is 47.8 Å². The number of hydrogen-bond donors (Lipinski definition) is 2. The zero-order valence-electron chi connectivity index (χ0n) is 10.2. The highest BCUT2D eigenvalue weighted by molar-refractivity contribution is 5.97. The Morgan fingerprint density at radius 3 is 2.75 bits per heavy atom. The molecule has 0 saturated carbocycles. The molecule has 6 heteroatoms. The van der Waals surface area contributed by atoms with Crippen molar-refractivity contribution in [2.24, 2.45) is 0 Å². The maximum atomic E-state index is 11.0. The van der Waals surface area contributed by atoms with Crippen molar-refractivity contribution >= 4 is 22.6 Å². The Bertz CT molecular complexity index is 781. The second-order valence-corrected chi connectivity index (χ2v) is 3.83. The first-order valence-corrected chi connectivity index (χ1v) is 5.54. The summed E-state index contributed by atoms with van der Waals surface area (Å²) >= 11 is 0. The zero-order chi connectivity index (χ0) is 14.5. The SMILES string of the molecule is N#CC(C#N)=CNc1cccc2ncc(C(=O)O)cc12. The van der Waals surface area contributed by atoms with Crippen LogP contribution in [0.5, 0.6) is 0 Å². The summed E-state index contributed by atoms with van der Waals surface area (Å²) in [5, 5.41) is 29.7. The number of pyridine rings is 1. The van der Waals surface area contributed by atoms with E-state index < -0.39 is 5.97 Å². The standard InChI is InChI=1S/C14H8N4O2/c15-5-9(6-16)7-17-12-2-1-3-13-11(12)4-10(8-18-13)14(19)20/h1-4,7-8,17H,(H,19,20). The molecule has 0 aliphatic heterocycles. The van der Waals surface area contributed by atoms with E-state index in [4.69, 9.17) is 15.6 Å². The van der Waals surface area contributed by atoms with Crippen LogP contribution < -0.4 is 5.32 Å². The lowest BCUT2D eigenvalue weighted by Crippen LogP contribution is -1.98. The molecule has 0 amide bonds. The fraction of sp³-hybridized carbons (Fsp3) is 0. The first-order chi connectivity index (χ1) is 9.65. The van der Waals surface area contributed by atoms with Crippen molar-refractivity contribution in [1.29, 1.82) is 10.5 Å². The minimum Gasteiger partial charge on any atom is -0.478 e. The number of nitriles is 2. The van der Waals surface area contributed by atoms with Gasteiger partial charge in [-0.05, 0) is 18.2 Å². The molecule has 2 rings (SSSR count). The number of carboxylic acids is 1. The number of aromatic carboxylic acids is 1. The molecule has 0 atom stereocenters. The molecule has 0 radical (unpaired) electrons. The van der Waals surface area contributed by atoms with Gasteiger partial charge in [-0.25, -0.2) is 4.79 Å². The molecule has 0 aliphatic carbocycles. The van der Waals surface area contributed by atoms with Gasteiger partial charge in [-0.2, -0.15) is 10.5 Å². The van der Waals surface area contributed by atoms with Crippen LogP contribution in [0.2, 0.25) is 0 Å². The van der Waals surface area contributed by atoms with E-state index in [-0.39, 0.29) is 11.1 Å². The lowest BCUT2D eigenvalue weighted by molar-refractivity contribution is 0.0696. The highest BCUT2D eigenvalue weighted by Gasteiger charge is 2.07. The molecule has 1 heterocycles. The summed E-state index contributed by atoms with van der Waals surface area (Å²) in [5.74, 6) is -1.07. The van der Waals surface area contributed by atoms with Gasteiger partial charge in [0.25, 0.3) is 0 Å². The monoisotopic (exact) mass is 264 g/mol. The Morgan fingerprint density at radius 2 is 2.10 bits per heavy atom. The molecule has 0 fully saturated rings. The predicted molar refractivity (Wildman–Crippen MR) is 71.6 cm³/mol. The highest BCUT2D eigenvalue weighted by Crippen LogP contribution is 2.23. The smallest absolute Gasteiger partial charge is 0.337 e. The van der Waals surface area contributed by atoms with Crippen molar-refractivity contribution in [3.8, 4) is 12.1 Å². The lowest BCUT2D eigenvalue weighted by Gasteiger charge is -2.06. The van der Waals surface area contributed by atoms with Gasteiger partial charge in [0.05, 0.1) is 11.1 Å². The number of carboxylic acid groups (broad SMARTS) is 1. The van der Waals surface area contributed by atoms with Crippen LogP contribution in [0.4, 0.5) is 5.69 Å². The number of allylic oxidation sites excluding steroid dienone is 1. The number of aromatic nitrogens is 1. The summed E-state index contributed by atoms with van der Waals surface area (Å²) in [4.78, 5) is 15.0. The topological polar surface area (TPSA) is 110 Å². The Labute approximate surface area is 114 Å². The Kier molecular flexibility index (Phi) is 3.60. The van der Waals surface area contributed by atoms with Gasteiger partial charge in [0, 0.05) is 23.5 Å². The molecule has 96 valence electrons. The van der Waals surface area contributed by atoms with Crippen LogP contribution in [0.15, 0.2) is 42.2 Å². The highest BCUT2D eigenvalue weighted by atomic mass is 16.4. The average Bonchev–Trinajstić information content (AvgIpc) is 2.47. The molecule has 0 spiro atoms. The number of anilines is 1. The Morgan fingerprint density at radius 1 is 1.35 bits per heavy atom. The third-order valence-electron chi connectivity index (χ3n) is 2.59. The molecule has 2 aromatic rings. The van der Waals surface area contributed by atoms with Crippen molar-refractivity contribution in [1.82, 2.24) is 4.98 Å². The molecular formula is C14H8N4O2. The maximum Gasteiger partial charge on any atom is 0.337 e. The van der Waals surface area contributed by atoms with Gasteiger partial charge < -0.3 is 10.4 Å². The second-order valence-electron chi connectivity index (χ2n) is 3.83. The number of nitrogens with one attached hydrogen (secondary N) is 1. The largest absolute Gasteiger partial charge is 0.478 e. The third kappa shape index (κ3) is 2.55. The number of fused-ring (bicyclic) bond motifs is 1. The average molecular weight is 264 g/mol. The van der Waals surface area contributed by atoms with Crippen molar-refractivity contribution in [2.75, 3.05) is 5.32 Å². The summed E-state index contributed by atoms with van der Waals surface area (Å²) < 4.78 is 0. The molecular weight excluding hydrogens is 256 g/mol. The van der Waals surface area contributed by atoms with E-state index in [2.05, 4.69) is 10.3 Å². The summed E-state index contributed by atoms with van der Waals surface area (Å²) in [7, 11) is 0. The number of hydrogen-bond acceptors (Lipinski definition) is 5. The fourth-order valence-electron chi connectivity index (χ4n) is 1.63. The maximum absolute atomic E-state index is 11.0. The summed E-state index contributed by atoms with van der Waals surface area (Å²) in [5.41, 5.74) is 1.17. The third-order valence-corrected chi connectivity index (χ3v) is 2.59. The number of carbonyl (C=O) groups is 1. The lowest BCUT2D eigenvalue weighted by atomic mass is 10.1. The van der Waals surface area contributed by atoms with E-state index in [1.807, 2.05) is 0 Å². The van der Waals surface area contributed by atoms with Crippen LogP contribution in [0.3, 0.4) is 0 Å². The van der Waals surface area contributed by atoms with Gasteiger partial charge in [-0.15, -0.1) is 0 Å². The molecule has 1 aromatic heterocycles. The number of benzene rings is 1. The van der Waals surface area contributed by atoms with Crippen molar-refractivity contribution in [3.63, 3.8) is 0 Å². The molecule has 1 aromatic carbocycles. The van der Waals surface area contributed by atoms with Gasteiger partial charge in [-0.1, -0.05) is 6.07 Å². The molecule has 0 bridgehead atoms. The summed E-state index contributed by atoms with van der Waals surface area (Å²) in [6.07, 6.45) is 2.54. The predicted octanol–water partition coefficient (Wildman–Crippen LogP) is 2.28. The van der Waals surface area contributed by atoms with E-state index in [1.54, 1.807) is 30.3 Å². The zero-order valence-corrected chi connectivity index (χ0v) is 10.2. The summed E-state index contributed by atoms with van der Waals surface area (Å²) in [6, 6.07) is 10.1. The van der Waals surface area contributed by atoms with Crippen LogP contribution in [0.25, 0.3) is 10.9 Å². The molecule has 0 aliphatic rings. The van der Waals surface area contributed by atoms with Crippen LogP contribution in [-0.2, 0) is 0 Å². The molecule has 20 heavy (non-hydrogen) atoms. The van der Waals surface area contributed by atoms with Gasteiger partial charge in [-0.3, -0.25) is 4.98 Å². The van der Waals surface area contributed by atoms with Crippen LogP contribution in [-0.4, -0.2) is 16.1 Å². The molecule has 0 saturated heterocycles. The van der Waals surface area contributed by atoms with Crippen LogP contribution in [0.1, 0.15) is 10.4 Å². The van der Waals surface area contributed by atoms with E-state index in [9.17, 15) is 4.79 Å². The van der Waals surface area contributed by atoms with Crippen LogP contribution >= 0.6 is 0 Å². The van der Waals surface area contributed by atoms with Crippen LogP contribution in [0, 0.1) is 22.7 Å². The minimum absolute atomic E-state index is 0.0662. The first kappa shape index (κ1) is 13.1. The molecule has 6 nitrogen and oxygen atoms in total. The van der Waals surface area contributed by atoms with Crippen molar-refractivity contribution < 1.29 is 9.90 Å². The first-order valence-electron chi connectivity index (χ1n) is 5.54. The van der Waals surface area contributed by atoms with Gasteiger partial charge >= 0.3 is 5.97 Å². The minimum atomic E-state index is -1.07. The van der Waals surface area contributed by atoms with E-state index in [0.717, 1.165) is 0 Å². The van der Waals surface area contributed by atoms with E-state index in [0.29, 0.717) is 16.6 Å². The number of rotatable bonds is 3. The normalized spacial score (nSPS) is 9.30. The summed E-state index contributed by atoms with van der Waals surface area (Å²) in [6.45, 7) is 0. The molecule has 0 unspecified atom stereocenters. The Balaban J connectivity index is 2.51. The van der Waals surface area contributed by atoms with Gasteiger partial charge in [0.15, 0.2) is 0 Å². The number of nitrogens with zero attached hydrogens (tertiary/aromatic N) is 3. The Hall–Kier alpha value is -3.38. The van der Waals surface area contributed by atoms with Crippen molar-refractivity contribution in [2.45, 2.75) is 0 Å². The van der Waals surface area contributed by atoms with E-state index in [1.165, 1.54) is 18.5 Å². The quantitative estimate of drug-likeness (QED) is 0.823. The fourth-order valence-corrected chi connectivity index (χ4v) is 1.63. The molecule has 2 N–H and O–H groups in total. The second kappa shape index (κ2) is 5.51. The van der Waals surface area contributed by atoms with Gasteiger partial charge in [0.1, 0.15) is 17.7 Å². The van der Waals surface area contributed by atoms with E-state index >= 15 is 0 Å².